The molecule has 3 aromatic rings. The average molecular weight is 253 g/mol. The molecule has 1 amide bonds. The molecule has 0 radical (unpaired) electrons. The zero-order valence-electron chi connectivity index (χ0n) is 9.96. The second-order valence-corrected chi connectivity index (χ2v) is 4.02. The Kier molecular flexibility index (Phi) is 2.64. The van der Waals surface area contributed by atoms with E-state index in [9.17, 15) is 4.79 Å². The van der Waals surface area contributed by atoms with E-state index >= 15 is 0 Å². The van der Waals surface area contributed by atoms with Crippen LogP contribution in [0.15, 0.2) is 53.1 Å². The average Bonchev–Trinajstić information content (AvgIpc) is 2.78. The maximum absolute atomic E-state index is 12.1. The number of amides is 1. The van der Waals surface area contributed by atoms with Gasteiger partial charge < -0.3 is 15.5 Å². The van der Waals surface area contributed by atoms with E-state index in [0.717, 1.165) is 0 Å². The van der Waals surface area contributed by atoms with Crippen LogP contribution in [0.3, 0.4) is 0 Å². The molecule has 3 N–H and O–H groups in total. The van der Waals surface area contributed by atoms with Gasteiger partial charge in [-0.3, -0.25) is 4.79 Å². The lowest BCUT2D eigenvalue weighted by Crippen LogP contribution is -2.12. The lowest BCUT2D eigenvalue weighted by Gasteiger charge is -2.02. The zero-order valence-corrected chi connectivity index (χ0v) is 9.96. The summed E-state index contributed by atoms with van der Waals surface area (Å²) in [6.45, 7) is 0. The largest absolute Gasteiger partial charge is 0.430 e. The number of carbonyl (C=O) groups excluding carboxylic acids is 1. The molecule has 3 rings (SSSR count). The Morgan fingerprint density at radius 2 is 1.95 bits per heavy atom. The van der Waals surface area contributed by atoms with Gasteiger partial charge in [0.25, 0.3) is 5.91 Å². The number of benzene rings is 1. The second kappa shape index (κ2) is 4.45. The molecule has 0 atom stereocenters. The third kappa shape index (κ3) is 2.01. The van der Waals surface area contributed by atoms with Crippen LogP contribution in [0, 0.1) is 0 Å². The van der Waals surface area contributed by atoms with Crippen molar-refractivity contribution in [2.24, 2.45) is 0 Å². The number of para-hydroxylation sites is 1. The molecule has 94 valence electrons. The fourth-order valence-corrected chi connectivity index (χ4v) is 1.83. The molecule has 0 saturated carbocycles. The molecular weight excluding hydrogens is 242 g/mol. The molecule has 0 aliphatic rings. The van der Waals surface area contributed by atoms with Gasteiger partial charge in [0.05, 0.1) is 11.1 Å². The Labute approximate surface area is 109 Å². The quantitative estimate of drug-likeness (QED) is 0.735. The molecular formula is C14H11N3O2. The smallest absolute Gasteiger partial charge is 0.293 e. The topological polar surface area (TPSA) is 81.2 Å². The highest BCUT2D eigenvalue weighted by Crippen LogP contribution is 2.27. The summed E-state index contributed by atoms with van der Waals surface area (Å²) in [6, 6.07) is 12.6. The Hall–Kier alpha value is -2.82. The van der Waals surface area contributed by atoms with Crippen LogP contribution in [-0.2, 0) is 0 Å². The zero-order chi connectivity index (χ0) is 13.2. The predicted molar refractivity (Wildman–Crippen MR) is 72.8 cm³/mol. The van der Waals surface area contributed by atoms with Crippen LogP contribution in [-0.4, -0.2) is 10.9 Å². The molecule has 2 heterocycles. The minimum atomic E-state index is -0.387. The number of aromatic nitrogens is 1. The minimum Gasteiger partial charge on any atom is -0.430 e. The van der Waals surface area contributed by atoms with E-state index in [0.29, 0.717) is 22.5 Å². The third-order valence-corrected chi connectivity index (χ3v) is 2.74. The van der Waals surface area contributed by atoms with Gasteiger partial charge in [0.15, 0.2) is 0 Å². The number of hydrogen-bond acceptors (Lipinski definition) is 4. The van der Waals surface area contributed by atoms with E-state index < -0.39 is 0 Å². The van der Waals surface area contributed by atoms with E-state index in [1.165, 1.54) is 0 Å². The number of nitrogen functional groups attached to an aromatic ring is 1. The molecule has 5 heteroatoms. The van der Waals surface area contributed by atoms with E-state index in [2.05, 4.69) is 10.3 Å². The number of furan rings is 1. The normalized spacial score (nSPS) is 10.5. The van der Waals surface area contributed by atoms with Crippen LogP contribution in [0.2, 0.25) is 0 Å². The molecule has 0 unspecified atom stereocenters. The molecule has 0 bridgehead atoms. The lowest BCUT2D eigenvalue weighted by molar-refractivity contribution is 0.0999. The number of rotatable bonds is 2. The summed E-state index contributed by atoms with van der Waals surface area (Å²) in [5.41, 5.74) is 7.24. The number of fused-ring (bicyclic) bond motifs is 1. The number of hydrogen-bond donors (Lipinski definition) is 2. The molecule has 0 saturated heterocycles. The van der Waals surface area contributed by atoms with Crippen molar-refractivity contribution in [1.29, 1.82) is 0 Å². The van der Waals surface area contributed by atoms with Crippen molar-refractivity contribution in [3.63, 3.8) is 0 Å². The molecule has 1 aromatic carbocycles. The fraction of sp³-hybridized carbons (Fsp3) is 0. The van der Waals surface area contributed by atoms with Gasteiger partial charge in [-0.25, -0.2) is 4.98 Å². The van der Waals surface area contributed by atoms with Crippen molar-refractivity contribution in [2.45, 2.75) is 0 Å². The van der Waals surface area contributed by atoms with Crippen LogP contribution in [0.1, 0.15) is 10.6 Å². The van der Waals surface area contributed by atoms with Crippen LogP contribution >= 0.6 is 0 Å². The number of nitrogens with one attached hydrogen (secondary N) is 1. The highest BCUT2D eigenvalue weighted by Gasteiger charge is 2.18. The first-order valence-corrected chi connectivity index (χ1v) is 5.75. The molecule has 0 aliphatic heterocycles. The summed E-state index contributed by atoms with van der Waals surface area (Å²) < 4.78 is 5.38. The number of nitrogens with zero attached hydrogens (tertiary/aromatic N) is 1. The number of anilines is 2. The van der Waals surface area contributed by atoms with Crippen molar-refractivity contribution < 1.29 is 9.21 Å². The van der Waals surface area contributed by atoms with E-state index in [4.69, 9.17) is 10.2 Å². The van der Waals surface area contributed by atoms with Gasteiger partial charge in [0.2, 0.25) is 11.5 Å². The Balaban J connectivity index is 1.96. The van der Waals surface area contributed by atoms with Crippen molar-refractivity contribution in [3.05, 3.63) is 54.4 Å². The maximum atomic E-state index is 12.1. The van der Waals surface area contributed by atoms with Gasteiger partial charge in [-0.2, -0.15) is 0 Å². The summed E-state index contributed by atoms with van der Waals surface area (Å²) in [4.78, 5) is 16.1. The van der Waals surface area contributed by atoms with Crippen LogP contribution in [0.4, 0.5) is 11.4 Å². The molecule has 5 nitrogen and oxygen atoms in total. The lowest BCUT2D eigenvalue weighted by atomic mass is 10.2. The van der Waals surface area contributed by atoms with Crippen LogP contribution in [0.25, 0.3) is 11.1 Å². The van der Waals surface area contributed by atoms with E-state index in [1.54, 1.807) is 30.5 Å². The first-order valence-electron chi connectivity index (χ1n) is 5.75. The SMILES string of the molecule is Nc1c(C(=O)Nc2ccccc2)oc2ncccc12. The summed E-state index contributed by atoms with van der Waals surface area (Å²) in [5, 5.41) is 3.36. The highest BCUT2D eigenvalue weighted by atomic mass is 16.4. The van der Waals surface area contributed by atoms with Gasteiger partial charge in [-0.15, -0.1) is 0 Å². The second-order valence-electron chi connectivity index (χ2n) is 4.02. The Morgan fingerprint density at radius 3 is 2.68 bits per heavy atom. The first kappa shape index (κ1) is 11.3. The summed E-state index contributed by atoms with van der Waals surface area (Å²) in [6.07, 6.45) is 1.59. The predicted octanol–water partition coefficient (Wildman–Crippen LogP) is 2.66. The summed E-state index contributed by atoms with van der Waals surface area (Å²) in [7, 11) is 0. The first-order chi connectivity index (χ1) is 9.25. The Bertz CT molecular complexity index is 735. The highest BCUT2D eigenvalue weighted by molar-refractivity contribution is 6.10. The van der Waals surface area contributed by atoms with Gasteiger partial charge >= 0.3 is 0 Å². The third-order valence-electron chi connectivity index (χ3n) is 2.74. The van der Waals surface area contributed by atoms with Crippen molar-refractivity contribution in [1.82, 2.24) is 4.98 Å². The van der Waals surface area contributed by atoms with Crippen LogP contribution < -0.4 is 11.1 Å². The van der Waals surface area contributed by atoms with Crippen molar-refractivity contribution in [2.75, 3.05) is 11.1 Å². The Morgan fingerprint density at radius 1 is 1.16 bits per heavy atom. The fourth-order valence-electron chi connectivity index (χ4n) is 1.83. The van der Waals surface area contributed by atoms with Crippen molar-refractivity contribution in [3.8, 4) is 0 Å². The number of nitrogens with two attached hydrogens (primary N) is 1. The van der Waals surface area contributed by atoms with Gasteiger partial charge in [0, 0.05) is 11.9 Å². The molecule has 0 aliphatic carbocycles. The molecule has 2 aromatic heterocycles. The number of carbonyl (C=O) groups is 1. The minimum absolute atomic E-state index is 0.0811. The molecule has 0 spiro atoms. The van der Waals surface area contributed by atoms with Gasteiger partial charge in [-0.05, 0) is 24.3 Å². The monoisotopic (exact) mass is 253 g/mol. The standard InChI is InChI=1S/C14H11N3O2/c15-11-10-7-4-8-16-14(10)19-12(11)13(18)17-9-5-2-1-3-6-9/h1-8H,15H2,(H,17,18). The van der Waals surface area contributed by atoms with Gasteiger partial charge in [0.1, 0.15) is 0 Å². The van der Waals surface area contributed by atoms with Crippen molar-refractivity contribution >= 4 is 28.4 Å². The van der Waals surface area contributed by atoms with Crippen LogP contribution in [0.5, 0.6) is 0 Å². The summed E-state index contributed by atoms with van der Waals surface area (Å²) >= 11 is 0. The maximum Gasteiger partial charge on any atom is 0.293 e. The van der Waals surface area contributed by atoms with Gasteiger partial charge in [-0.1, -0.05) is 18.2 Å². The number of pyridine rings is 1. The molecule has 0 fully saturated rings. The van der Waals surface area contributed by atoms with E-state index in [-0.39, 0.29) is 11.7 Å². The van der Waals surface area contributed by atoms with E-state index in [1.807, 2.05) is 18.2 Å². The molecule has 19 heavy (non-hydrogen) atoms. The summed E-state index contributed by atoms with van der Waals surface area (Å²) in [5.74, 6) is -0.306.